The fourth-order valence-electron chi connectivity index (χ4n) is 5.25. The monoisotopic (exact) mass is 457 g/mol. The predicted molar refractivity (Wildman–Crippen MR) is 133 cm³/mol. The van der Waals surface area contributed by atoms with E-state index in [0.717, 1.165) is 83.4 Å². The summed E-state index contributed by atoms with van der Waals surface area (Å²) in [5.41, 5.74) is 8.73. The standard InChI is InChI=1S/C27H31N5O2/c1-3-25(32-9-7-30(8-10-32)18-24-19-34-20-29-24)4-2-22(1)27-26-16-21(15-23(26)5-6-28-27)17-31-11-13-33-14-12-31/h1-6,16,19-20H,7-15,17-18H2. The first-order valence-corrected chi connectivity index (χ1v) is 12.2. The molecule has 6 rings (SSSR count). The zero-order valence-corrected chi connectivity index (χ0v) is 19.5. The Labute approximate surface area is 200 Å². The molecule has 2 aromatic heterocycles. The summed E-state index contributed by atoms with van der Waals surface area (Å²) < 4.78 is 10.6. The van der Waals surface area contributed by atoms with Crippen LogP contribution in [0.15, 0.2) is 59.2 Å². The zero-order chi connectivity index (χ0) is 22.7. The van der Waals surface area contributed by atoms with Crippen molar-refractivity contribution >= 4 is 11.8 Å². The van der Waals surface area contributed by atoms with Gasteiger partial charge in [-0.15, -0.1) is 0 Å². The minimum Gasteiger partial charge on any atom is -0.451 e. The van der Waals surface area contributed by atoms with Crippen molar-refractivity contribution in [2.75, 3.05) is 63.9 Å². The summed E-state index contributed by atoms with van der Waals surface area (Å²) in [6.45, 7) is 9.70. The van der Waals surface area contributed by atoms with Gasteiger partial charge in [-0.05, 0) is 30.2 Å². The number of hydrogen-bond acceptors (Lipinski definition) is 7. The lowest BCUT2D eigenvalue weighted by atomic mass is 10.0. The third-order valence-electron chi connectivity index (χ3n) is 7.12. The summed E-state index contributed by atoms with van der Waals surface area (Å²) in [6.07, 6.45) is 8.60. The number of benzene rings is 1. The number of rotatable bonds is 6. The number of ether oxygens (including phenoxy) is 1. The molecule has 0 radical (unpaired) electrons. The molecule has 3 aliphatic rings. The topological polar surface area (TPSA) is 57.9 Å². The summed E-state index contributed by atoms with van der Waals surface area (Å²) in [4.78, 5) is 16.4. The number of fused-ring (bicyclic) bond motifs is 1. The van der Waals surface area contributed by atoms with Crippen molar-refractivity contribution in [2.45, 2.75) is 13.0 Å². The van der Waals surface area contributed by atoms with Crippen molar-refractivity contribution in [3.8, 4) is 11.3 Å². The van der Waals surface area contributed by atoms with Gasteiger partial charge in [0.25, 0.3) is 0 Å². The fraction of sp³-hybridized carbons (Fsp3) is 0.407. The molecule has 176 valence electrons. The van der Waals surface area contributed by atoms with Crippen molar-refractivity contribution in [1.82, 2.24) is 19.8 Å². The second-order valence-electron chi connectivity index (χ2n) is 9.39. The molecule has 1 aromatic carbocycles. The van der Waals surface area contributed by atoms with Crippen LogP contribution in [0.4, 0.5) is 5.69 Å². The average Bonchev–Trinajstić information content (AvgIpc) is 3.55. The summed E-state index contributed by atoms with van der Waals surface area (Å²) in [5, 5.41) is 0. The molecule has 0 unspecified atom stereocenters. The van der Waals surface area contributed by atoms with Gasteiger partial charge < -0.3 is 14.1 Å². The van der Waals surface area contributed by atoms with E-state index in [2.05, 4.69) is 56.1 Å². The van der Waals surface area contributed by atoms with Gasteiger partial charge in [-0.25, -0.2) is 4.98 Å². The first-order chi connectivity index (χ1) is 16.8. The van der Waals surface area contributed by atoms with Crippen LogP contribution in [-0.4, -0.2) is 78.8 Å². The lowest BCUT2D eigenvalue weighted by Gasteiger charge is -2.35. The molecule has 2 fully saturated rings. The van der Waals surface area contributed by atoms with Crippen LogP contribution >= 0.6 is 0 Å². The Morgan fingerprint density at radius 2 is 1.62 bits per heavy atom. The Balaban J connectivity index is 1.12. The SMILES string of the molecule is C1=C(CN2CCOCC2)Cc2ccnc(-c3ccc(N4CCN(Cc5cocn5)CC4)cc3)c21. The second kappa shape index (κ2) is 9.70. The van der Waals surface area contributed by atoms with Gasteiger partial charge in [0.15, 0.2) is 6.39 Å². The van der Waals surface area contributed by atoms with Crippen molar-refractivity contribution in [2.24, 2.45) is 0 Å². The van der Waals surface area contributed by atoms with Crippen LogP contribution in [0.5, 0.6) is 0 Å². The lowest BCUT2D eigenvalue weighted by molar-refractivity contribution is 0.0422. The molecule has 0 N–H and O–H groups in total. The lowest BCUT2D eigenvalue weighted by Crippen LogP contribution is -2.46. The molecule has 0 atom stereocenters. The van der Waals surface area contributed by atoms with Crippen LogP contribution < -0.4 is 4.90 Å². The third kappa shape index (κ3) is 4.64. The van der Waals surface area contributed by atoms with Crippen LogP contribution in [0.3, 0.4) is 0 Å². The number of piperazine rings is 1. The molecular weight excluding hydrogens is 426 g/mol. The predicted octanol–water partition coefficient (Wildman–Crippen LogP) is 3.33. The summed E-state index contributed by atoms with van der Waals surface area (Å²) in [6, 6.07) is 11.1. The van der Waals surface area contributed by atoms with Gasteiger partial charge >= 0.3 is 0 Å². The number of anilines is 1. The molecule has 0 spiro atoms. The Hall–Kier alpha value is -3.00. The van der Waals surface area contributed by atoms with E-state index in [1.165, 1.54) is 34.3 Å². The Kier molecular flexibility index (Phi) is 6.14. The molecule has 0 bridgehead atoms. The molecule has 4 heterocycles. The smallest absolute Gasteiger partial charge is 0.180 e. The fourth-order valence-corrected chi connectivity index (χ4v) is 5.25. The highest BCUT2D eigenvalue weighted by Crippen LogP contribution is 2.33. The van der Waals surface area contributed by atoms with E-state index in [9.17, 15) is 0 Å². The maximum Gasteiger partial charge on any atom is 0.180 e. The van der Waals surface area contributed by atoms with Gasteiger partial charge in [-0.2, -0.15) is 0 Å². The van der Waals surface area contributed by atoms with Gasteiger partial charge in [0, 0.05) is 75.4 Å². The number of nitrogens with zero attached hydrogens (tertiary/aromatic N) is 5. The molecule has 2 saturated heterocycles. The highest BCUT2D eigenvalue weighted by Gasteiger charge is 2.21. The first kappa shape index (κ1) is 21.5. The zero-order valence-electron chi connectivity index (χ0n) is 19.5. The number of morpholine rings is 1. The molecule has 2 aliphatic heterocycles. The van der Waals surface area contributed by atoms with Crippen LogP contribution in [0.2, 0.25) is 0 Å². The first-order valence-electron chi connectivity index (χ1n) is 12.2. The molecule has 7 heteroatoms. The van der Waals surface area contributed by atoms with Crippen molar-refractivity contribution in [3.63, 3.8) is 0 Å². The Morgan fingerprint density at radius 3 is 2.38 bits per heavy atom. The van der Waals surface area contributed by atoms with Crippen LogP contribution in [-0.2, 0) is 17.7 Å². The maximum atomic E-state index is 5.50. The van der Waals surface area contributed by atoms with Crippen LogP contribution in [0.1, 0.15) is 16.8 Å². The van der Waals surface area contributed by atoms with Gasteiger partial charge in [-0.1, -0.05) is 23.8 Å². The van der Waals surface area contributed by atoms with Crippen LogP contribution in [0.25, 0.3) is 17.3 Å². The summed E-state index contributed by atoms with van der Waals surface area (Å²) in [5.74, 6) is 0. The van der Waals surface area contributed by atoms with Crippen molar-refractivity contribution in [1.29, 1.82) is 0 Å². The van der Waals surface area contributed by atoms with Crippen molar-refractivity contribution in [3.05, 3.63) is 71.6 Å². The summed E-state index contributed by atoms with van der Waals surface area (Å²) >= 11 is 0. The minimum absolute atomic E-state index is 0.843. The number of pyridine rings is 1. The average molecular weight is 458 g/mol. The van der Waals surface area contributed by atoms with Gasteiger partial charge in [0.2, 0.25) is 0 Å². The van der Waals surface area contributed by atoms with E-state index in [1.54, 1.807) is 6.26 Å². The Bertz CT molecular complexity index is 1130. The number of oxazole rings is 1. The van der Waals surface area contributed by atoms with E-state index in [4.69, 9.17) is 14.1 Å². The highest BCUT2D eigenvalue weighted by atomic mass is 16.5. The number of aromatic nitrogens is 2. The maximum absolute atomic E-state index is 5.50. The normalized spacial score (nSPS) is 19.3. The van der Waals surface area contributed by atoms with Crippen molar-refractivity contribution < 1.29 is 9.15 Å². The molecule has 3 aromatic rings. The van der Waals surface area contributed by atoms with Gasteiger partial charge in [0.1, 0.15) is 6.26 Å². The quantitative estimate of drug-likeness (QED) is 0.563. The van der Waals surface area contributed by atoms with E-state index in [-0.39, 0.29) is 0 Å². The number of hydrogen-bond donors (Lipinski definition) is 0. The van der Waals surface area contributed by atoms with E-state index in [0.29, 0.717) is 0 Å². The van der Waals surface area contributed by atoms with Crippen LogP contribution in [0, 0.1) is 0 Å². The van der Waals surface area contributed by atoms with E-state index in [1.807, 2.05) is 6.20 Å². The largest absolute Gasteiger partial charge is 0.451 e. The molecule has 7 nitrogen and oxygen atoms in total. The molecule has 1 aliphatic carbocycles. The molecule has 0 amide bonds. The molecule has 0 saturated carbocycles. The van der Waals surface area contributed by atoms with E-state index < -0.39 is 0 Å². The van der Waals surface area contributed by atoms with Gasteiger partial charge in [0.05, 0.1) is 24.6 Å². The second-order valence-corrected chi connectivity index (χ2v) is 9.39. The summed E-state index contributed by atoms with van der Waals surface area (Å²) in [7, 11) is 0. The Morgan fingerprint density at radius 1 is 0.824 bits per heavy atom. The minimum atomic E-state index is 0.843. The van der Waals surface area contributed by atoms with E-state index >= 15 is 0 Å². The molecular formula is C27H31N5O2. The third-order valence-corrected chi connectivity index (χ3v) is 7.12. The molecule has 34 heavy (non-hydrogen) atoms. The van der Waals surface area contributed by atoms with Gasteiger partial charge in [-0.3, -0.25) is 14.8 Å². The highest BCUT2D eigenvalue weighted by molar-refractivity contribution is 5.78.